The average Bonchev–Trinajstić information content (AvgIpc) is 3.12. The number of benzene rings is 1. The van der Waals surface area contributed by atoms with Crippen molar-refractivity contribution in [3.63, 3.8) is 0 Å². The predicted octanol–water partition coefficient (Wildman–Crippen LogP) is 5.25. The van der Waals surface area contributed by atoms with E-state index < -0.39 is 0 Å². The molecule has 0 aliphatic heterocycles. The minimum absolute atomic E-state index is 0.442. The lowest BCUT2D eigenvalue weighted by atomic mass is 10.1. The largest absolute Gasteiger partial charge is 0.309 e. The van der Waals surface area contributed by atoms with E-state index in [9.17, 15) is 9.59 Å². The normalized spacial score (nSPS) is 10.4. The van der Waals surface area contributed by atoms with Crippen LogP contribution < -0.4 is 0 Å². The van der Waals surface area contributed by atoms with Gasteiger partial charge in [-0.05, 0) is 49.4 Å². The fraction of sp³-hybridized carbons (Fsp3) is 0.500. The molecule has 28 heavy (non-hydrogen) atoms. The van der Waals surface area contributed by atoms with E-state index >= 15 is 0 Å². The number of aromatic nitrogens is 2. The van der Waals surface area contributed by atoms with Crippen LogP contribution in [0.25, 0.3) is 0 Å². The van der Waals surface area contributed by atoms with Gasteiger partial charge < -0.3 is 4.90 Å². The van der Waals surface area contributed by atoms with Crippen LogP contribution in [0.4, 0.5) is 0 Å². The van der Waals surface area contributed by atoms with Crippen LogP contribution in [0.5, 0.6) is 0 Å². The summed E-state index contributed by atoms with van der Waals surface area (Å²) in [6.07, 6.45) is 14.7. The molecule has 1 heterocycles. The van der Waals surface area contributed by atoms with Crippen LogP contribution in [0.2, 0.25) is 0 Å². The number of aryl methyl sites for hydroxylation is 1. The summed E-state index contributed by atoms with van der Waals surface area (Å²) < 4.78 is 3.09. The van der Waals surface area contributed by atoms with E-state index in [-0.39, 0.29) is 0 Å². The summed E-state index contributed by atoms with van der Waals surface area (Å²) in [6, 6.07) is 6.65. The van der Waals surface area contributed by atoms with E-state index in [1.807, 2.05) is 17.1 Å². The van der Waals surface area contributed by atoms with Crippen molar-refractivity contribution >= 4 is 28.5 Å². The molecule has 0 bridgehead atoms. The van der Waals surface area contributed by atoms with Crippen LogP contribution in [0.3, 0.4) is 0 Å². The van der Waals surface area contributed by atoms with Crippen molar-refractivity contribution in [1.29, 1.82) is 0 Å². The second-order valence-corrected chi connectivity index (χ2v) is 7.98. The van der Waals surface area contributed by atoms with E-state index in [4.69, 9.17) is 0 Å². The molecular weight excluding hydrogens is 418 g/mol. The molecule has 0 aliphatic carbocycles. The first kappa shape index (κ1) is 24.2. The zero-order valence-corrected chi connectivity index (χ0v) is 18.6. The maximum absolute atomic E-state index is 10.2. The molecule has 0 atom stereocenters. The Bertz CT molecular complexity index is 659. The summed E-state index contributed by atoms with van der Waals surface area (Å²) in [7, 11) is 4.29. The molecule has 0 radical (unpaired) electrons. The summed E-state index contributed by atoms with van der Waals surface area (Å²) >= 11 is 3.41. The third-order valence-corrected chi connectivity index (χ3v) is 4.75. The van der Waals surface area contributed by atoms with Gasteiger partial charge in [0.05, 0.1) is 10.7 Å². The molecule has 0 unspecified atom stereocenters. The van der Waals surface area contributed by atoms with Crippen molar-refractivity contribution in [3.8, 4) is 0 Å². The zero-order valence-electron chi connectivity index (χ0n) is 17.0. The van der Waals surface area contributed by atoms with Crippen LogP contribution in [-0.2, 0) is 6.54 Å². The maximum atomic E-state index is 10.2. The molecule has 0 saturated heterocycles. The molecule has 1 aromatic heterocycles. The number of rotatable bonds is 12. The van der Waals surface area contributed by atoms with Crippen molar-refractivity contribution in [2.45, 2.75) is 51.5 Å². The molecule has 2 aromatic rings. The van der Waals surface area contributed by atoms with Crippen molar-refractivity contribution < 1.29 is 9.59 Å². The van der Waals surface area contributed by atoms with Gasteiger partial charge in [-0.1, -0.05) is 56.4 Å². The standard InChI is InChI=1S/C14H26BrN3.C8H6O2/c1-17(2)10-8-6-4-3-5-7-9-11-18-13-14(15)12-16-18;9-5-7-3-1-2-4-8(7)6-10/h12-13H,3-11H2,1-2H3;1-6H. The first-order valence-electron chi connectivity index (χ1n) is 9.89. The fourth-order valence-corrected chi connectivity index (χ4v) is 3.10. The van der Waals surface area contributed by atoms with E-state index in [0.717, 1.165) is 11.0 Å². The van der Waals surface area contributed by atoms with Gasteiger partial charge in [-0.2, -0.15) is 5.10 Å². The minimum Gasteiger partial charge on any atom is -0.309 e. The molecule has 0 N–H and O–H groups in total. The summed E-state index contributed by atoms with van der Waals surface area (Å²) in [6.45, 7) is 2.28. The highest BCUT2D eigenvalue weighted by Gasteiger charge is 1.97. The molecule has 6 heteroatoms. The quantitative estimate of drug-likeness (QED) is 0.327. The van der Waals surface area contributed by atoms with Crippen LogP contribution in [0.1, 0.15) is 65.7 Å². The lowest BCUT2D eigenvalue weighted by molar-refractivity contribution is 0.109. The Morgan fingerprint density at radius 2 is 1.46 bits per heavy atom. The first-order valence-corrected chi connectivity index (χ1v) is 10.7. The third kappa shape index (κ3) is 11.1. The van der Waals surface area contributed by atoms with Crippen LogP contribution >= 0.6 is 15.9 Å². The Morgan fingerprint density at radius 3 is 1.93 bits per heavy atom. The Hall–Kier alpha value is -1.79. The molecular formula is C22H32BrN3O2. The van der Waals surface area contributed by atoms with E-state index in [2.05, 4.69) is 40.0 Å². The lowest BCUT2D eigenvalue weighted by Gasteiger charge is -2.08. The number of nitrogens with zero attached hydrogens (tertiary/aromatic N) is 3. The first-order chi connectivity index (χ1) is 13.6. The third-order valence-electron chi connectivity index (χ3n) is 4.34. The van der Waals surface area contributed by atoms with Crippen LogP contribution in [0, 0.1) is 0 Å². The summed E-state index contributed by atoms with van der Waals surface area (Å²) in [5.41, 5.74) is 0.884. The number of carbonyl (C=O) groups is 2. The summed E-state index contributed by atoms with van der Waals surface area (Å²) in [5.74, 6) is 0. The monoisotopic (exact) mass is 449 g/mol. The highest BCUT2D eigenvalue weighted by atomic mass is 79.9. The van der Waals surface area contributed by atoms with Crippen LogP contribution in [-0.4, -0.2) is 47.9 Å². The van der Waals surface area contributed by atoms with Gasteiger partial charge in [0.2, 0.25) is 0 Å². The Kier molecular flexibility index (Phi) is 13.1. The fourth-order valence-electron chi connectivity index (χ4n) is 2.77. The van der Waals surface area contributed by atoms with E-state index in [0.29, 0.717) is 23.7 Å². The molecule has 0 saturated carbocycles. The Morgan fingerprint density at radius 1 is 0.929 bits per heavy atom. The Labute approximate surface area is 177 Å². The molecule has 1 aromatic carbocycles. The van der Waals surface area contributed by atoms with Gasteiger partial charge in [0, 0.05) is 23.9 Å². The Balaban J connectivity index is 0.000000330. The molecule has 2 rings (SSSR count). The van der Waals surface area contributed by atoms with E-state index in [1.165, 1.54) is 51.5 Å². The van der Waals surface area contributed by atoms with Gasteiger partial charge in [-0.25, -0.2) is 0 Å². The van der Waals surface area contributed by atoms with Crippen molar-refractivity contribution in [1.82, 2.24) is 14.7 Å². The number of halogens is 1. The maximum Gasteiger partial charge on any atom is 0.150 e. The number of unbranched alkanes of at least 4 members (excludes halogenated alkanes) is 6. The van der Waals surface area contributed by atoms with Gasteiger partial charge in [0.15, 0.2) is 12.6 Å². The number of hydrogen-bond donors (Lipinski definition) is 0. The van der Waals surface area contributed by atoms with Gasteiger partial charge in [0.25, 0.3) is 0 Å². The zero-order chi connectivity index (χ0) is 20.6. The lowest BCUT2D eigenvalue weighted by Crippen LogP contribution is -2.12. The smallest absolute Gasteiger partial charge is 0.150 e. The predicted molar refractivity (Wildman–Crippen MR) is 118 cm³/mol. The SMILES string of the molecule is CN(C)CCCCCCCCCn1cc(Br)cn1.O=Cc1ccccc1C=O. The molecule has 0 spiro atoms. The number of aldehydes is 2. The van der Waals surface area contributed by atoms with Gasteiger partial charge in [-0.15, -0.1) is 0 Å². The number of hydrogen-bond acceptors (Lipinski definition) is 4. The molecule has 0 amide bonds. The highest BCUT2D eigenvalue weighted by molar-refractivity contribution is 9.10. The summed E-state index contributed by atoms with van der Waals surface area (Å²) in [4.78, 5) is 22.7. The van der Waals surface area contributed by atoms with E-state index in [1.54, 1.807) is 24.3 Å². The molecule has 154 valence electrons. The van der Waals surface area contributed by atoms with Crippen molar-refractivity contribution in [3.05, 3.63) is 52.3 Å². The topological polar surface area (TPSA) is 55.2 Å². The van der Waals surface area contributed by atoms with Crippen molar-refractivity contribution in [2.24, 2.45) is 0 Å². The van der Waals surface area contributed by atoms with Gasteiger partial charge >= 0.3 is 0 Å². The molecule has 5 nitrogen and oxygen atoms in total. The second-order valence-electron chi connectivity index (χ2n) is 7.06. The van der Waals surface area contributed by atoms with Crippen molar-refractivity contribution in [2.75, 3.05) is 20.6 Å². The second kappa shape index (κ2) is 15.2. The van der Waals surface area contributed by atoms with Crippen LogP contribution in [0.15, 0.2) is 41.1 Å². The number of carbonyl (C=O) groups excluding carboxylic acids is 2. The molecule has 0 aliphatic rings. The summed E-state index contributed by atoms with van der Waals surface area (Å²) in [5, 5.41) is 4.26. The average molecular weight is 450 g/mol. The minimum atomic E-state index is 0.442. The van der Waals surface area contributed by atoms with Gasteiger partial charge in [0.1, 0.15) is 0 Å². The molecule has 0 fully saturated rings. The highest BCUT2D eigenvalue weighted by Crippen LogP contribution is 2.10. The van der Waals surface area contributed by atoms with Gasteiger partial charge in [-0.3, -0.25) is 14.3 Å².